The van der Waals surface area contributed by atoms with Crippen LogP contribution < -0.4 is 0 Å². The first kappa shape index (κ1) is 40.9. The van der Waals surface area contributed by atoms with Gasteiger partial charge in [-0.25, -0.2) is 10.0 Å². The fraction of sp³-hybridized carbons (Fsp3) is 0.458. The number of aromatic hydroxyl groups is 1. The topological polar surface area (TPSA) is 116 Å². The second-order valence-electron chi connectivity index (χ2n) is 17.7. The summed E-state index contributed by atoms with van der Waals surface area (Å²) in [6, 6.07) is 21.9. The number of benzene rings is 3. The molecule has 4 saturated heterocycles. The molecule has 1 aliphatic carbocycles. The molecule has 3 aromatic carbocycles. The van der Waals surface area contributed by atoms with Gasteiger partial charge < -0.3 is 29.3 Å². The zero-order valence-electron chi connectivity index (χ0n) is 35.3. The third kappa shape index (κ3) is 8.30. The smallest absolute Gasteiger partial charge is 0.256 e. The minimum Gasteiger partial charge on any atom is -0.508 e. The van der Waals surface area contributed by atoms with Crippen LogP contribution in [0.5, 0.6) is 5.75 Å². The van der Waals surface area contributed by atoms with E-state index < -0.39 is 12.2 Å². The monoisotopic (exact) mass is 826 g/mol. The van der Waals surface area contributed by atoms with E-state index in [1.165, 1.54) is 25.8 Å². The number of amides is 4. The van der Waals surface area contributed by atoms with E-state index in [2.05, 4.69) is 16.4 Å². The number of hydrazine groups is 1. The van der Waals surface area contributed by atoms with Gasteiger partial charge in [-0.15, -0.1) is 6.58 Å². The standard InChI is InChI=1S/C48H58N8O5/c1-3-21-54-33-45(59)55-42(26-35-15-18-39(57)19-16-35)48(61)53(32-43(55)56(54)44(58)20-17-34-9-5-4-6-10-34)28-37-13-8-14-40-41(31-49(2)46(37)40)47(60)52-25-24-51-23-22-50(29-38(51)30-52)27-36-11-7-12-36/h3-6,8-10,13-16,18-19,31,36,38,42-43,57H,1,7,11-12,17,20-30,32-33H2,2H3/t38?,42-,43-/m0/s1. The Morgan fingerprint density at radius 1 is 0.885 bits per heavy atom. The van der Waals surface area contributed by atoms with Crippen LogP contribution in [0, 0.1) is 5.92 Å². The maximum absolute atomic E-state index is 14.8. The number of fused-ring (bicyclic) bond motifs is 3. The average molecular weight is 827 g/mol. The van der Waals surface area contributed by atoms with Gasteiger partial charge in [0, 0.05) is 96.4 Å². The number of aromatic nitrogens is 1. The lowest BCUT2D eigenvalue weighted by Gasteiger charge is -2.55. The highest BCUT2D eigenvalue weighted by Gasteiger charge is 2.51. The molecule has 9 rings (SSSR count). The van der Waals surface area contributed by atoms with Crippen LogP contribution in [0.1, 0.15) is 52.7 Å². The molecule has 5 fully saturated rings. The van der Waals surface area contributed by atoms with Crippen LogP contribution in [0.3, 0.4) is 0 Å². The van der Waals surface area contributed by atoms with E-state index in [0.29, 0.717) is 31.1 Å². The van der Waals surface area contributed by atoms with Crippen molar-refractivity contribution in [3.05, 3.63) is 114 Å². The van der Waals surface area contributed by atoms with Crippen molar-refractivity contribution >= 4 is 34.5 Å². The molecule has 4 aromatic rings. The number of aryl methyl sites for hydroxylation is 2. The van der Waals surface area contributed by atoms with E-state index >= 15 is 0 Å². The highest BCUT2D eigenvalue weighted by molar-refractivity contribution is 6.08. The zero-order chi connectivity index (χ0) is 42.2. The SMILES string of the molecule is C=CCN1CC(=O)N2[C@@H](Cc3ccc(O)cc3)C(=O)N(Cc3cccc4c(C(=O)N5CCN6CCN(CC7CCC7)CC6C5)cn(C)c34)C[C@@H]2N1C(=O)CCc1ccccc1. The van der Waals surface area contributed by atoms with Crippen LogP contribution >= 0.6 is 0 Å². The van der Waals surface area contributed by atoms with Crippen molar-refractivity contribution in [1.82, 2.24) is 39.1 Å². The summed E-state index contributed by atoms with van der Waals surface area (Å²) in [5.41, 5.74) is 4.23. The predicted molar refractivity (Wildman–Crippen MR) is 233 cm³/mol. The minimum atomic E-state index is -0.890. The Morgan fingerprint density at radius 2 is 1.67 bits per heavy atom. The highest BCUT2D eigenvalue weighted by Crippen LogP contribution is 2.33. The lowest BCUT2D eigenvalue weighted by atomic mass is 9.85. The van der Waals surface area contributed by atoms with Crippen molar-refractivity contribution < 1.29 is 24.3 Å². The number of hydrogen-bond acceptors (Lipinski definition) is 8. The van der Waals surface area contributed by atoms with E-state index in [1.807, 2.05) is 71.2 Å². The molecule has 1 N–H and O–H groups in total. The Hall–Kier alpha value is -5.50. The van der Waals surface area contributed by atoms with E-state index in [9.17, 15) is 24.3 Å². The van der Waals surface area contributed by atoms with Gasteiger partial charge >= 0.3 is 0 Å². The third-order valence-electron chi connectivity index (χ3n) is 13.7. The largest absolute Gasteiger partial charge is 0.508 e. The van der Waals surface area contributed by atoms with Gasteiger partial charge in [-0.05, 0) is 54.0 Å². The Balaban J connectivity index is 0.997. The van der Waals surface area contributed by atoms with E-state index in [1.54, 1.807) is 50.2 Å². The Morgan fingerprint density at radius 3 is 2.43 bits per heavy atom. The molecule has 1 saturated carbocycles. The number of phenols is 1. The Kier molecular flexibility index (Phi) is 11.7. The van der Waals surface area contributed by atoms with Crippen molar-refractivity contribution in [3.8, 4) is 5.75 Å². The van der Waals surface area contributed by atoms with Crippen LogP contribution in [-0.2, 0) is 40.8 Å². The molecule has 13 nitrogen and oxygen atoms in total. The molecule has 1 aromatic heterocycles. The van der Waals surface area contributed by atoms with Crippen LogP contribution in [0.25, 0.3) is 10.9 Å². The summed E-state index contributed by atoms with van der Waals surface area (Å²) >= 11 is 0. The number of hydrogen-bond donors (Lipinski definition) is 1. The number of carbonyl (C=O) groups is 4. The number of carbonyl (C=O) groups excluding carboxylic acids is 4. The van der Waals surface area contributed by atoms with Crippen LogP contribution in [0.2, 0.25) is 0 Å². The van der Waals surface area contributed by atoms with E-state index in [4.69, 9.17) is 0 Å². The van der Waals surface area contributed by atoms with Gasteiger partial charge in [-0.2, -0.15) is 0 Å². The van der Waals surface area contributed by atoms with Gasteiger partial charge in [0.2, 0.25) is 17.7 Å². The summed E-state index contributed by atoms with van der Waals surface area (Å²) < 4.78 is 2.00. The van der Waals surface area contributed by atoms with Gasteiger partial charge in [-0.1, -0.05) is 73.2 Å². The summed E-state index contributed by atoms with van der Waals surface area (Å²) in [5.74, 6) is 0.376. The molecule has 3 atom stereocenters. The van der Waals surface area contributed by atoms with Crippen LogP contribution in [0.15, 0.2) is 91.6 Å². The summed E-state index contributed by atoms with van der Waals surface area (Å²) in [4.78, 5) is 68.4. The Bertz CT molecular complexity index is 2270. The van der Waals surface area contributed by atoms with Crippen molar-refractivity contribution in [2.45, 2.75) is 63.3 Å². The van der Waals surface area contributed by atoms with Gasteiger partial charge in [0.15, 0.2) is 0 Å². The maximum atomic E-state index is 14.8. The first-order chi connectivity index (χ1) is 29.6. The number of para-hydroxylation sites is 1. The number of phenolic OH excluding ortho intramolecular Hbond substituents is 1. The zero-order valence-corrected chi connectivity index (χ0v) is 35.3. The molecule has 5 aliphatic rings. The molecule has 320 valence electrons. The number of piperazine rings is 3. The Labute approximate surface area is 358 Å². The fourth-order valence-corrected chi connectivity index (χ4v) is 10.4. The molecule has 13 heteroatoms. The van der Waals surface area contributed by atoms with Crippen molar-refractivity contribution in [2.24, 2.45) is 13.0 Å². The number of nitrogens with zero attached hydrogens (tertiary/aromatic N) is 8. The molecule has 4 amide bonds. The second-order valence-corrected chi connectivity index (χ2v) is 17.7. The van der Waals surface area contributed by atoms with Gasteiger partial charge in [0.25, 0.3) is 5.91 Å². The lowest BCUT2D eigenvalue weighted by Crippen LogP contribution is -2.75. The predicted octanol–water partition coefficient (Wildman–Crippen LogP) is 4.11. The highest BCUT2D eigenvalue weighted by atomic mass is 16.3. The number of rotatable bonds is 12. The van der Waals surface area contributed by atoms with E-state index in [-0.39, 0.29) is 68.4 Å². The fourth-order valence-electron chi connectivity index (χ4n) is 10.4. The molecule has 4 aliphatic heterocycles. The summed E-state index contributed by atoms with van der Waals surface area (Å²) in [7, 11) is 1.95. The molecule has 5 heterocycles. The summed E-state index contributed by atoms with van der Waals surface area (Å²) in [6.07, 6.45) is 7.86. The van der Waals surface area contributed by atoms with Gasteiger partial charge in [-0.3, -0.25) is 24.1 Å². The van der Waals surface area contributed by atoms with Crippen molar-refractivity contribution in [3.63, 3.8) is 0 Å². The first-order valence-electron chi connectivity index (χ1n) is 22.1. The van der Waals surface area contributed by atoms with Crippen molar-refractivity contribution in [2.75, 3.05) is 65.4 Å². The molecular weight excluding hydrogens is 769 g/mol. The third-order valence-corrected chi connectivity index (χ3v) is 13.7. The second kappa shape index (κ2) is 17.5. The summed E-state index contributed by atoms with van der Waals surface area (Å²) in [5, 5.41) is 14.3. The lowest BCUT2D eigenvalue weighted by molar-refractivity contribution is -0.205. The van der Waals surface area contributed by atoms with Crippen LogP contribution in [0.4, 0.5) is 0 Å². The average Bonchev–Trinajstić information content (AvgIpc) is 3.60. The molecule has 1 unspecified atom stereocenters. The molecule has 61 heavy (non-hydrogen) atoms. The minimum absolute atomic E-state index is 0.0323. The molecular formula is C48H58N8O5. The molecule has 0 spiro atoms. The van der Waals surface area contributed by atoms with E-state index in [0.717, 1.165) is 59.7 Å². The van der Waals surface area contributed by atoms with Gasteiger partial charge in [0.05, 0.1) is 24.2 Å². The molecule has 0 radical (unpaired) electrons. The quantitative estimate of drug-likeness (QED) is 0.213. The normalized spacial score (nSPS) is 22.9. The maximum Gasteiger partial charge on any atom is 0.256 e. The summed E-state index contributed by atoms with van der Waals surface area (Å²) in [6.45, 7) is 11.1. The van der Waals surface area contributed by atoms with Gasteiger partial charge in [0.1, 0.15) is 18.0 Å². The first-order valence-corrected chi connectivity index (χ1v) is 22.1. The van der Waals surface area contributed by atoms with Crippen molar-refractivity contribution in [1.29, 1.82) is 0 Å². The molecule has 0 bridgehead atoms. The van der Waals surface area contributed by atoms with Crippen LogP contribution in [-0.4, -0.2) is 152 Å².